The Balaban J connectivity index is 2.22. The summed E-state index contributed by atoms with van der Waals surface area (Å²) in [5.74, 6) is 0. The van der Waals surface area contributed by atoms with Gasteiger partial charge in [0.2, 0.25) is 0 Å². The van der Waals surface area contributed by atoms with Gasteiger partial charge < -0.3 is 0 Å². The fourth-order valence-electron chi connectivity index (χ4n) is 3.19. The maximum atomic E-state index is 9.36. The Bertz CT molecular complexity index is 453. The molecule has 0 fully saturated rings. The number of fused-ring (bicyclic) bond motifs is 1. The first-order chi connectivity index (χ1) is 9.31. The molecule has 0 saturated heterocycles. The Morgan fingerprint density at radius 2 is 1.42 bits per heavy atom. The zero-order valence-electron chi connectivity index (χ0n) is 12.2. The van der Waals surface area contributed by atoms with E-state index in [1.807, 2.05) is 0 Å². The van der Waals surface area contributed by atoms with Crippen LogP contribution in [0.1, 0.15) is 73.6 Å². The van der Waals surface area contributed by atoms with Crippen molar-refractivity contribution >= 4 is 0 Å². The van der Waals surface area contributed by atoms with E-state index in [9.17, 15) is 5.26 Å². The summed E-state index contributed by atoms with van der Waals surface area (Å²) in [4.78, 5) is 0. The van der Waals surface area contributed by atoms with Crippen LogP contribution in [0.3, 0.4) is 0 Å². The van der Waals surface area contributed by atoms with Crippen molar-refractivity contribution in [3.05, 3.63) is 34.4 Å². The van der Waals surface area contributed by atoms with Crippen LogP contribution in [0.25, 0.3) is 0 Å². The first kappa shape index (κ1) is 14.1. The molecule has 0 N–H and O–H groups in total. The SMILES string of the molecule is Cc1cc(C#N)c2c(c1)CCCCCCCCCC2. The lowest BCUT2D eigenvalue weighted by Gasteiger charge is -2.14. The zero-order chi connectivity index (χ0) is 13.5. The minimum atomic E-state index is 0.923. The number of nitrogens with zero attached hydrogens (tertiary/aromatic N) is 1. The van der Waals surface area contributed by atoms with E-state index in [0.717, 1.165) is 18.4 Å². The molecule has 0 aromatic heterocycles. The first-order valence-electron chi connectivity index (χ1n) is 7.84. The molecule has 0 bridgehead atoms. The number of benzene rings is 1. The van der Waals surface area contributed by atoms with Crippen molar-refractivity contribution in [3.63, 3.8) is 0 Å². The molecular weight excluding hydrogens is 230 g/mol. The van der Waals surface area contributed by atoms with E-state index in [0.29, 0.717) is 0 Å². The summed E-state index contributed by atoms with van der Waals surface area (Å²) in [5.41, 5.74) is 4.94. The Morgan fingerprint density at radius 3 is 2.05 bits per heavy atom. The van der Waals surface area contributed by atoms with Gasteiger partial charge in [-0.1, -0.05) is 44.6 Å². The van der Waals surface area contributed by atoms with Crippen LogP contribution in [0.4, 0.5) is 0 Å². The third kappa shape index (κ3) is 4.10. The maximum absolute atomic E-state index is 9.36. The first-order valence-corrected chi connectivity index (χ1v) is 7.84. The number of hydrogen-bond donors (Lipinski definition) is 0. The third-order valence-corrected chi connectivity index (χ3v) is 4.23. The van der Waals surface area contributed by atoms with Crippen molar-refractivity contribution < 1.29 is 0 Å². The van der Waals surface area contributed by atoms with Gasteiger partial charge in [0, 0.05) is 0 Å². The zero-order valence-corrected chi connectivity index (χ0v) is 12.2. The normalized spacial score (nSPS) is 17.7. The van der Waals surface area contributed by atoms with Gasteiger partial charge >= 0.3 is 0 Å². The van der Waals surface area contributed by atoms with Gasteiger partial charge in [0.05, 0.1) is 11.6 Å². The van der Waals surface area contributed by atoms with E-state index in [1.165, 1.54) is 68.1 Å². The molecule has 19 heavy (non-hydrogen) atoms. The smallest absolute Gasteiger partial charge is 0.0994 e. The van der Waals surface area contributed by atoms with Gasteiger partial charge in [-0.05, 0) is 55.4 Å². The summed E-state index contributed by atoms with van der Waals surface area (Å²) < 4.78 is 0. The van der Waals surface area contributed by atoms with Crippen LogP contribution in [-0.4, -0.2) is 0 Å². The highest BCUT2D eigenvalue weighted by atomic mass is 14.3. The van der Waals surface area contributed by atoms with Gasteiger partial charge in [-0.3, -0.25) is 0 Å². The molecule has 1 aromatic rings. The maximum Gasteiger partial charge on any atom is 0.0994 e. The molecule has 102 valence electrons. The Labute approximate surface area is 117 Å². The predicted molar refractivity (Wildman–Crippen MR) is 80.2 cm³/mol. The second-order valence-electron chi connectivity index (χ2n) is 5.89. The minimum absolute atomic E-state index is 0.923. The summed E-state index contributed by atoms with van der Waals surface area (Å²) in [5, 5.41) is 9.36. The molecule has 0 atom stereocenters. The van der Waals surface area contributed by atoms with Gasteiger partial charge in [-0.15, -0.1) is 0 Å². The van der Waals surface area contributed by atoms with Gasteiger partial charge in [0.15, 0.2) is 0 Å². The molecule has 0 saturated carbocycles. The van der Waals surface area contributed by atoms with Crippen molar-refractivity contribution in [2.45, 2.75) is 71.1 Å². The molecule has 0 unspecified atom stereocenters. The molecule has 0 amide bonds. The lowest BCUT2D eigenvalue weighted by atomic mass is 9.90. The summed E-state index contributed by atoms with van der Waals surface area (Å²) in [7, 11) is 0. The molecule has 1 nitrogen and oxygen atoms in total. The third-order valence-electron chi connectivity index (χ3n) is 4.23. The molecule has 1 aliphatic carbocycles. The van der Waals surface area contributed by atoms with E-state index >= 15 is 0 Å². The lowest BCUT2D eigenvalue weighted by Crippen LogP contribution is -2.01. The minimum Gasteiger partial charge on any atom is -0.192 e. The Morgan fingerprint density at radius 1 is 0.842 bits per heavy atom. The van der Waals surface area contributed by atoms with E-state index in [4.69, 9.17) is 0 Å². The monoisotopic (exact) mass is 255 g/mol. The van der Waals surface area contributed by atoms with Crippen molar-refractivity contribution in [2.24, 2.45) is 0 Å². The van der Waals surface area contributed by atoms with Gasteiger partial charge in [0.25, 0.3) is 0 Å². The van der Waals surface area contributed by atoms with Gasteiger partial charge in [0.1, 0.15) is 0 Å². The van der Waals surface area contributed by atoms with Crippen LogP contribution in [0.15, 0.2) is 12.1 Å². The Hall–Kier alpha value is -1.29. The molecule has 0 aliphatic heterocycles. The van der Waals surface area contributed by atoms with Gasteiger partial charge in [-0.2, -0.15) is 5.26 Å². The van der Waals surface area contributed by atoms with E-state index in [2.05, 4.69) is 25.1 Å². The Kier molecular flexibility index (Phi) is 5.45. The lowest BCUT2D eigenvalue weighted by molar-refractivity contribution is 0.559. The molecule has 2 rings (SSSR count). The van der Waals surface area contributed by atoms with E-state index in [1.54, 1.807) is 0 Å². The van der Waals surface area contributed by atoms with Crippen LogP contribution in [0, 0.1) is 18.3 Å². The largest absolute Gasteiger partial charge is 0.192 e. The number of aryl methyl sites for hydroxylation is 2. The summed E-state index contributed by atoms with van der Waals surface area (Å²) in [6.45, 7) is 2.11. The standard InChI is InChI=1S/C18H25N/c1-15-12-16-10-8-6-4-2-3-5-7-9-11-18(16)17(13-15)14-19/h12-13H,2-11H2,1H3. The van der Waals surface area contributed by atoms with Gasteiger partial charge in [-0.25, -0.2) is 0 Å². The number of nitriles is 1. The van der Waals surface area contributed by atoms with Crippen LogP contribution >= 0.6 is 0 Å². The van der Waals surface area contributed by atoms with Crippen LogP contribution in [-0.2, 0) is 12.8 Å². The van der Waals surface area contributed by atoms with Crippen molar-refractivity contribution in [3.8, 4) is 6.07 Å². The molecule has 1 aliphatic rings. The van der Waals surface area contributed by atoms with E-state index in [-0.39, 0.29) is 0 Å². The van der Waals surface area contributed by atoms with Crippen molar-refractivity contribution in [2.75, 3.05) is 0 Å². The molecule has 1 heteroatoms. The quantitative estimate of drug-likeness (QED) is 0.633. The topological polar surface area (TPSA) is 23.8 Å². The van der Waals surface area contributed by atoms with Crippen molar-refractivity contribution in [1.82, 2.24) is 0 Å². The average molecular weight is 255 g/mol. The highest BCUT2D eigenvalue weighted by Crippen LogP contribution is 2.23. The molecule has 0 radical (unpaired) electrons. The highest BCUT2D eigenvalue weighted by Gasteiger charge is 2.10. The highest BCUT2D eigenvalue weighted by molar-refractivity contribution is 5.46. The molecule has 1 aromatic carbocycles. The predicted octanol–water partition coefficient (Wildman–Crippen LogP) is 5.09. The fourth-order valence-corrected chi connectivity index (χ4v) is 3.19. The van der Waals surface area contributed by atoms with E-state index < -0.39 is 0 Å². The molecule has 0 spiro atoms. The number of hydrogen-bond acceptors (Lipinski definition) is 1. The second-order valence-corrected chi connectivity index (χ2v) is 5.89. The molecule has 0 heterocycles. The van der Waals surface area contributed by atoms with Crippen LogP contribution in [0.5, 0.6) is 0 Å². The molecular formula is C18H25N. The fraction of sp³-hybridized carbons (Fsp3) is 0.611. The van der Waals surface area contributed by atoms with Crippen LogP contribution < -0.4 is 0 Å². The summed E-state index contributed by atoms with van der Waals surface area (Å²) in [6.07, 6.45) is 13.0. The van der Waals surface area contributed by atoms with Crippen molar-refractivity contribution in [1.29, 1.82) is 5.26 Å². The summed E-state index contributed by atoms with van der Waals surface area (Å²) >= 11 is 0. The average Bonchev–Trinajstić information content (AvgIpc) is 2.39. The second kappa shape index (κ2) is 7.34. The summed E-state index contributed by atoms with van der Waals surface area (Å²) in [6, 6.07) is 6.78. The van der Waals surface area contributed by atoms with Crippen LogP contribution in [0.2, 0.25) is 0 Å². The number of rotatable bonds is 0.